The highest BCUT2D eigenvalue weighted by molar-refractivity contribution is 5.66. The number of rotatable bonds is 5. The van der Waals surface area contributed by atoms with Crippen LogP contribution in [-0.4, -0.2) is 73.2 Å². The van der Waals surface area contributed by atoms with Gasteiger partial charge in [-0.3, -0.25) is 9.59 Å². The first-order valence-corrected chi connectivity index (χ1v) is 7.25. The number of hydrogen-bond acceptors (Lipinski definition) is 4. The third-order valence-electron chi connectivity index (χ3n) is 1.64. The number of aliphatic carboxylic acids is 2. The zero-order chi connectivity index (χ0) is 17.8. The summed E-state index contributed by atoms with van der Waals surface area (Å²) in [6.45, 7) is 9.46. The minimum Gasteiger partial charge on any atom is -0.481 e. The quantitative estimate of drug-likeness (QED) is 0.812. The lowest BCUT2D eigenvalue weighted by atomic mass is 10.5. The van der Waals surface area contributed by atoms with Gasteiger partial charge in [-0.05, 0) is 54.1 Å². The molecular formula is C15H36N2O4. The van der Waals surface area contributed by atoms with Crippen molar-refractivity contribution in [2.24, 2.45) is 0 Å². The molecule has 0 aromatic rings. The molecule has 0 radical (unpaired) electrons. The largest absolute Gasteiger partial charge is 0.481 e. The van der Waals surface area contributed by atoms with Gasteiger partial charge in [0, 0.05) is 13.3 Å². The first kappa shape index (κ1) is 28.1. The van der Waals surface area contributed by atoms with E-state index in [1.165, 1.54) is 25.9 Å². The fourth-order valence-electron chi connectivity index (χ4n) is 0.894. The number of carbonyl (C=O) groups is 2. The maximum absolute atomic E-state index is 9.37. The molecule has 21 heavy (non-hydrogen) atoms. The van der Waals surface area contributed by atoms with Gasteiger partial charge >= 0.3 is 5.97 Å². The van der Waals surface area contributed by atoms with Crippen molar-refractivity contribution in [3.05, 3.63) is 0 Å². The maximum Gasteiger partial charge on any atom is 0.303 e. The van der Waals surface area contributed by atoms with E-state index >= 15 is 0 Å². The van der Waals surface area contributed by atoms with Crippen LogP contribution in [0.3, 0.4) is 0 Å². The topological polar surface area (TPSA) is 81.1 Å². The van der Waals surface area contributed by atoms with Crippen LogP contribution in [0.2, 0.25) is 0 Å². The lowest BCUT2D eigenvalue weighted by molar-refractivity contribution is -0.137. The van der Waals surface area contributed by atoms with Crippen molar-refractivity contribution in [2.45, 2.75) is 47.0 Å². The SMILES string of the molecule is CC(=O)O.CCC(=O)O.CCCN(C)C.CCCN(C)C. The molecule has 0 rings (SSSR count). The monoisotopic (exact) mass is 308 g/mol. The van der Waals surface area contributed by atoms with Crippen LogP contribution in [0.5, 0.6) is 0 Å². The van der Waals surface area contributed by atoms with Gasteiger partial charge in [0.25, 0.3) is 5.97 Å². The molecule has 0 saturated heterocycles. The molecule has 0 aliphatic heterocycles. The van der Waals surface area contributed by atoms with Crippen LogP contribution in [-0.2, 0) is 9.59 Å². The molecule has 6 heteroatoms. The Morgan fingerprint density at radius 3 is 1.00 bits per heavy atom. The summed E-state index contributed by atoms with van der Waals surface area (Å²) in [5, 5.41) is 15.1. The van der Waals surface area contributed by atoms with E-state index in [-0.39, 0.29) is 6.42 Å². The van der Waals surface area contributed by atoms with Crippen molar-refractivity contribution in [3.8, 4) is 0 Å². The van der Waals surface area contributed by atoms with Gasteiger partial charge in [0.2, 0.25) is 0 Å². The van der Waals surface area contributed by atoms with Crippen LogP contribution in [0, 0.1) is 0 Å². The van der Waals surface area contributed by atoms with E-state index < -0.39 is 11.9 Å². The molecule has 0 amide bonds. The summed E-state index contributed by atoms with van der Waals surface area (Å²) in [5.41, 5.74) is 0. The molecule has 0 fully saturated rings. The Balaban J connectivity index is -0.0000000929. The maximum atomic E-state index is 9.37. The Labute approximate surface area is 130 Å². The van der Waals surface area contributed by atoms with Gasteiger partial charge in [-0.2, -0.15) is 0 Å². The van der Waals surface area contributed by atoms with Gasteiger partial charge in [0.15, 0.2) is 0 Å². The van der Waals surface area contributed by atoms with Gasteiger partial charge in [-0.15, -0.1) is 0 Å². The molecule has 0 aliphatic carbocycles. The Hall–Kier alpha value is -1.14. The van der Waals surface area contributed by atoms with Crippen LogP contribution in [0.1, 0.15) is 47.0 Å². The van der Waals surface area contributed by atoms with Crippen LogP contribution >= 0.6 is 0 Å². The van der Waals surface area contributed by atoms with E-state index in [0.29, 0.717) is 0 Å². The smallest absolute Gasteiger partial charge is 0.303 e. The summed E-state index contributed by atoms with van der Waals surface area (Å²) in [4.78, 5) is 22.7. The fourth-order valence-corrected chi connectivity index (χ4v) is 0.894. The predicted molar refractivity (Wildman–Crippen MR) is 88.9 cm³/mol. The molecular weight excluding hydrogens is 272 g/mol. The second-order valence-corrected chi connectivity index (χ2v) is 4.87. The van der Waals surface area contributed by atoms with E-state index in [1.807, 2.05) is 0 Å². The van der Waals surface area contributed by atoms with Crippen LogP contribution < -0.4 is 0 Å². The molecule has 6 nitrogen and oxygen atoms in total. The second-order valence-electron chi connectivity index (χ2n) is 4.87. The summed E-state index contributed by atoms with van der Waals surface area (Å²) in [7, 11) is 8.35. The van der Waals surface area contributed by atoms with E-state index in [1.54, 1.807) is 6.92 Å². The van der Waals surface area contributed by atoms with Crippen molar-refractivity contribution >= 4 is 11.9 Å². The van der Waals surface area contributed by atoms with Crippen molar-refractivity contribution in [1.29, 1.82) is 0 Å². The molecule has 2 N–H and O–H groups in total. The summed E-state index contributed by atoms with van der Waals surface area (Å²) in [6, 6.07) is 0. The Bertz CT molecular complexity index is 206. The van der Waals surface area contributed by atoms with E-state index in [4.69, 9.17) is 15.0 Å². The first-order chi connectivity index (χ1) is 9.54. The Kier molecular flexibility index (Phi) is 32.0. The lowest BCUT2D eigenvalue weighted by Crippen LogP contribution is -2.11. The molecule has 130 valence electrons. The standard InChI is InChI=1S/2C5H13N.C3H6O2.C2H4O2/c2*1-4-5-6(2)3;1-2-3(4)5;1-2(3)4/h2*4-5H2,1-3H3;2H2,1H3,(H,4,5);1H3,(H,3,4). The summed E-state index contributed by atoms with van der Waals surface area (Å²) >= 11 is 0. The molecule has 0 heterocycles. The second kappa shape index (κ2) is 23.9. The molecule has 0 spiro atoms. The highest BCUT2D eigenvalue weighted by Crippen LogP contribution is 1.76. The van der Waals surface area contributed by atoms with E-state index in [2.05, 4.69) is 51.8 Å². The normalized spacial score (nSPS) is 8.67. The molecule has 0 saturated carbocycles. The van der Waals surface area contributed by atoms with Gasteiger partial charge in [-0.1, -0.05) is 20.8 Å². The minimum absolute atomic E-state index is 0.222. The van der Waals surface area contributed by atoms with E-state index in [9.17, 15) is 4.79 Å². The average molecular weight is 308 g/mol. The summed E-state index contributed by atoms with van der Waals surface area (Å²) in [5.74, 6) is -1.58. The molecule has 0 bridgehead atoms. The third kappa shape index (κ3) is 114. The van der Waals surface area contributed by atoms with Crippen molar-refractivity contribution in [1.82, 2.24) is 9.80 Å². The first-order valence-electron chi connectivity index (χ1n) is 7.25. The van der Waals surface area contributed by atoms with Crippen LogP contribution in [0.4, 0.5) is 0 Å². The van der Waals surface area contributed by atoms with Crippen molar-refractivity contribution in [2.75, 3.05) is 41.3 Å². The van der Waals surface area contributed by atoms with Crippen LogP contribution in [0.15, 0.2) is 0 Å². The average Bonchev–Trinajstić information content (AvgIpc) is 2.29. The summed E-state index contributed by atoms with van der Waals surface area (Å²) in [6.07, 6.45) is 2.74. The predicted octanol–water partition coefficient (Wildman–Crippen LogP) is 2.49. The number of carboxylic acids is 2. The molecule has 0 aromatic carbocycles. The number of nitrogens with zero attached hydrogens (tertiary/aromatic N) is 2. The third-order valence-corrected chi connectivity index (χ3v) is 1.64. The van der Waals surface area contributed by atoms with Gasteiger partial charge in [0.1, 0.15) is 0 Å². The molecule has 0 atom stereocenters. The molecule has 0 aromatic heterocycles. The zero-order valence-electron chi connectivity index (χ0n) is 15.1. The zero-order valence-corrected chi connectivity index (χ0v) is 15.1. The van der Waals surface area contributed by atoms with E-state index in [0.717, 1.165) is 6.92 Å². The van der Waals surface area contributed by atoms with Crippen molar-refractivity contribution < 1.29 is 19.8 Å². The van der Waals surface area contributed by atoms with Crippen molar-refractivity contribution in [3.63, 3.8) is 0 Å². The van der Waals surface area contributed by atoms with Gasteiger partial charge in [0.05, 0.1) is 0 Å². The number of carboxylic acid groups (broad SMARTS) is 2. The lowest BCUT2D eigenvalue weighted by Gasteiger charge is -2.03. The van der Waals surface area contributed by atoms with Gasteiger partial charge < -0.3 is 20.0 Å². The minimum atomic E-state index is -0.833. The van der Waals surface area contributed by atoms with Crippen LogP contribution in [0.25, 0.3) is 0 Å². The number of hydrogen-bond donors (Lipinski definition) is 2. The molecule has 0 unspecified atom stereocenters. The molecule has 0 aliphatic rings. The Morgan fingerprint density at radius 1 is 0.810 bits per heavy atom. The highest BCUT2D eigenvalue weighted by Gasteiger charge is 1.81. The fraction of sp³-hybridized carbons (Fsp3) is 0.867. The Morgan fingerprint density at radius 2 is 1.00 bits per heavy atom. The summed E-state index contributed by atoms with van der Waals surface area (Å²) < 4.78 is 0. The highest BCUT2D eigenvalue weighted by atomic mass is 16.4. The van der Waals surface area contributed by atoms with Gasteiger partial charge in [-0.25, -0.2) is 0 Å².